The molecule has 0 amide bonds. The number of benzene rings is 1. The van der Waals surface area contributed by atoms with E-state index in [9.17, 15) is 0 Å². The molecule has 1 fully saturated rings. The van der Waals surface area contributed by atoms with E-state index in [0.717, 1.165) is 13.1 Å². The summed E-state index contributed by atoms with van der Waals surface area (Å²) in [5, 5.41) is 0. The Morgan fingerprint density at radius 1 is 1.40 bits per heavy atom. The molecule has 2 atom stereocenters. The predicted octanol–water partition coefficient (Wildman–Crippen LogP) is 2.12. The molecule has 2 N–H and O–H groups in total. The molecular weight excluding hydrogens is 266 g/mol. The Kier molecular flexibility index (Phi) is 4.24. The van der Waals surface area contributed by atoms with Crippen molar-refractivity contribution in [3.8, 4) is 0 Å². The number of hydrogen-bond donors (Lipinski definition) is 1. The first kappa shape index (κ1) is 14.2. The minimum Gasteiger partial charge on any atom is -0.374 e. The van der Waals surface area contributed by atoms with Crippen LogP contribution in [0.25, 0.3) is 0 Å². The third kappa shape index (κ3) is 2.57. The molecule has 110 valence electrons. The first-order valence-corrected chi connectivity index (χ1v) is 8.73. The summed E-state index contributed by atoms with van der Waals surface area (Å²) >= 11 is 2.06. The van der Waals surface area contributed by atoms with Crippen molar-refractivity contribution < 1.29 is 0 Å². The van der Waals surface area contributed by atoms with E-state index in [2.05, 4.69) is 53.7 Å². The Balaban J connectivity index is 1.86. The van der Waals surface area contributed by atoms with Gasteiger partial charge in [-0.2, -0.15) is 11.8 Å². The van der Waals surface area contributed by atoms with Crippen LogP contribution in [0.15, 0.2) is 18.2 Å². The van der Waals surface area contributed by atoms with Crippen molar-refractivity contribution in [1.82, 2.24) is 4.90 Å². The molecule has 2 heterocycles. The molecule has 0 saturated carbocycles. The van der Waals surface area contributed by atoms with Gasteiger partial charge in [-0.1, -0.05) is 12.1 Å². The molecule has 2 unspecified atom stereocenters. The fourth-order valence-corrected chi connectivity index (χ4v) is 4.50. The standard InChI is InChI=1S/C16H25N3S/c1-12-11-20-8-7-19(12)16(10-17)13-3-4-15-14(9-13)5-6-18(15)2/h3-4,9,12,16H,5-8,10-11,17H2,1-2H3. The summed E-state index contributed by atoms with van der Waals surface area (Å²) in [5.74, 6) is 2.46. The van der Waals surface area contributed by atoms with E-state index in [4.69, 9.17) is 5.73 Å². The maximum absolute atomic E-state index is 6.11. The molecule has 0 bridgehead atoms. The second kappa shape index (κ2) is 5.96. The highest BCUT2D eigenvalue weighted by molar-refractivity contribution is 7.99. The average molecular weight is 291 g/mol. The van der Waals surface area contributed by atoms with Gasteiger partial charge in [0.2, 0.25) is 0 Å². The van der Waals surface area contributed by atoms with Gasteiger partial charge in [0.1, 0.15) is 0 Å². The van der Waals surface area contributed by atoms with Crippen LogP contribution in [0.3, 0.4) is 0 Å². The number of hydrogen-bond acceptors (Lipinski definition) is 4. The molecule has 0 spiro atoms. The fraction of sp³-hybridized carbons (Fsp3) is 0.625. The number of anilines is 1. The van der Waals surface area contributed by atoms with Crippen molar-refractivity contribution in [1.29, 1.82) is 0 Å². The SMILES string of the molecule is CC1CSCCN1C(CN)c1ccc2c(c1)CCN2C. The summed E-state index contributed by atoms with van der Waals surface area (Å²) in [7, 11) is 2.18. The molecule has 1 aromatic carbocycles. The summed E-state index contributed by atoms with van der Waals surface area (Å²) < 4.78 is 0. The van der Waals surface area contributed by atoms with Crippen LogP contribution >= 0.6 is 11.8 Å². The van der Waals surface area contributed by atoms with Gasteiger partial charge < -0.3 is 10.6 Å². The number of rotatable bonds is 3. The summed E-state index contributed by atoms with van der Waals surface area (Å²) in [6.07, 6.45) is 1.17. The number of nitrogens with zero attached hydrogens (tertiary/aromatic N) is 2. The van der Waals surface area contributed by atoms with Gasteiger partial charge in [-0.3, -0.25) is 4.90 Å². The minimum absolute atomic E-state index is 0.377. The van der Waals surface area contributed by atoms with Gasteiger partial charge in [-0.05, 0) is 30.5 Å². The van der Waals surface area contributed by atoms with Gasteiger partial charge in [0.25, 0.3) is 0 Å². The third-order valence-corrected chi connectivity index (χ3v) is 5.85. The van der Waals surface area contributed by atoms with Crippen molar-refractivity contribution in [2.45, 2.75) is 25.4 Å². The normalized spacial score (nSPS) is 24.8. The van der Waals surface area contributed by atoms with Crippen LogP contribution in [0.2, 0.25) is 0 Å². The fourth-order valence-electron chi connectivity index (χ4n) is 3.46. The maximum atomic E-state index is 6.11. The van der Waals surface area contributed by atoms with Crippen molar-refractivity contribution in [3.63, 3.8) is 0 Å². The molecule has 0 radical (unpaired) electrons. The third-order valence-electron chi connectivity index (χ3n) is 4.66. The highest BCUT2D eigenvalue weighted by Gasteiger charge is 2.27. The highest BCUT2D eigenvalue weighted by atomic mass is 32.2. The lowest BCUT2D eigenvalue weighted by Gasteiger charge is -2.39. The van der Waals surface area contributed by atoms with E-state index < -0.39 is 0 Å². The van der Waals surface area contributed by atoms with E-state index >= 15 is 0 Å². The van der Waals surface area contributed by atoms with Gasteiger partial charge in [0, 0.05) is 56.0 Å². The van der Waals surface area contributed by atoms with Crippen LogP contribution in [0, 0.1) is 0 Å². The van der Waals surface area contributed by atoms with Gasteiger partial charge in [-0.25, -0.2) is 0 Å². The topological polar surface area (TPSA) is 32.5 Å². The number of nitrogens with two attached hydrogens (primary N) is 1. The smallest absolute Gasteiger partial charge is 0.0474 e. The maximum Gasteiger partial charge on any atom is 0.0474 e. The lowest BCUT2D eigenvalue weighted by Crippen LogP contribution is -2.45. The summed E-state index contributed by atoms with van der Waals surface area (Å²) in [5.41, 5.74) is 10.4. The van der Waals surface area contributed by atoms with E-state index in [0.29, 0.717) is 18.6 Å². The monoisotopic (exact) mass is 291 g/mol. The number of likely N-dealkylation sites (N-methyl/N-ethyl adjacent to an activating group) is 1. The van der Waals surface area contributed by atoms with Gasteiger partial charge in [-0.15, -0.1) is 0 Å². The number of fused-ring (bicyclic) bond motifs is 1. The van der Waals surface area contributed by atoms with Crippen LogP contribution in [0.4, 0.5) is 5.69 Å². The first-order chi connectivity index (χ1) is 9.70. The molecule has 20 heavy (non-hydrogen) atoms. The van der Waals surface area contributed by atoms with Crippen molar-refractivity contribution in [3.05, 3.63) is 29.3 Å². The highest BCUT2D eigenvalue weighted by Crippen LogP contribution is 2.32. The largest absolute Gasteiger partial charge is 0.374 e. The van der Waals surface area contributed by atoms with Crippen LogP contribution in [-0.2, 0) is 6.42 Å². The molecule has 1 saturated heterocycles. The van der Waals surface area contributed by atoms with Gasteiger partial charge in [0.05, 0.1) is 0 Å². The Hall–Kier alpha value is -0.710. The average Bonchev–Trinajstić information content (AvgIpc) is 2.83. The molecule has 3 nitrogen and oxygen atoms in total. The summed E-state index contributed by atoms with van der Waals surface area (Å²) in [4.78, 5) is 4.94. The summed E-state index contributed by atoms with van der Waals surface area (Å²) in [6.45, 7) is 5.34. The predicted molar refractivity (Wildman–Crippen MR) is 88.7 cm³/mol. The zero-order valence-electron chi connectivity index (χ0n) is 12.5. The Bertz CT molecular complexity index is 477. The van der Waals surface area contributed by atoms with E-state index in [1.807, 2.05) is 0 Å². The molecule has 2 aliphatic heterocycles. The minimum atomic E-state index is 0.377. The summed E-state index contributed by atoms with van der Waals surface area (Å²) in [6, 6.07) is 7.96. The van der Waals surface area contributed by atoms with Gasteiger partial charge >= 0.3 is 0 Å². The molecular formula is C16H25N3S. The second-order valence-corrected chi connectivity index (χ2v) is 7.12. The van der Waals surface area contributed by atoms with Crippen LogP contribution < -0.4 is 10.6 Å². The van der Waals surface area contributed by atoms with Crippen LogP contribution in [0.1, 0.15) is 24.1 Å². The van der Waals surface area contributed by atoms with Gasteiger partial charge in [0.15, 0.2) is 0 Å². The molecule has 0 aromatic heterocycles. The lowest BCUT2D eigenvalue weighted by molar-refractivity contribution is 0.166. The Morgan fingerprint density at radius 2 is 2.25 bits per heavy atom. The zero-order valence-corrected chi connectivity index (χ0v) is 13.3. The van der Waals surface area contributed by atoms with E-state index in [1.54, 1.807) is 0 Å². The molecule has 2 aliphatic rings. The first-order valence-electron chi connectivity index (χ1n) is 7.58. The zero-order chi connectivity index (χ0) is 14.1. The second-order valence-electron chi connectivity index (χ2n) is 5.97. The van der Waals surface area contributed by atoms with Crippen molar-refractivity contribution >= 4 is 17.4 Å². The van der Waals surface area contributed by atoms with E-state index in [-0.39, 0.29) is 0 Å². The van der Waals surface area contributed by atoms with Crippen LogP contribution in [0.5, 0.6) is 0 Å². The molecule has 0 aliphatic carbocycles. The van der Waals surface area contributed by atoms with Crippen molar-refractivity contribution in [2.75, 3.05) is 43.1 Å². The number of thioether (sulfide) groups is 1. The lowest BCUT2D eigenvalue weighted by atomic mass is 10.00. The quantitative estimate of drug-likeness (QED) is 0.924. The Labute approximate surface area is 126 Å². The molecule has 4 heteroatoms. The van der Waals surface area contributed by atoms with Crippen molar-refractivity contribution in [2.24, 2.45) is 5.73 Å². The molecule has 3 rings (SSSR count). The van der Waals surface area contributed by atoms with E-state index in [1.165, 1.54) is 34.7 Å². The Morgan fingerprint density at radius 3 is 3.00 bits per heavy atom. The molecule has 1 aromatic rings. The van der Waals surface area contributed by atoms with Crippen LogP contribution in [-0.4, -0.2) is 49.1 Å².